The molecule has 3 unspecified atom stereocenters. The number of amides is 2. The molecule has 7 nitrogen and oxygen atoms in total. The van der Waals surface area contributed by atoms with Gasteiger partial charge in [-0.3, -0.25) is 14.5 Å². The van der Waals surface area contributed by atoms with Gasteiger partial charge in [0.1, 0.15) is 5.75 Å². The van der Waals surface area contributed by atoms with E-state index in [2.05, 4.69) is 31.5 Å². The van der Waals surface area contributed by atoms with Crippen LogP contribution in [0.5, 0.6) is 5.75 Å². The number of rotatable bonds is 8. The average molecular weight is 438 g/mol. The zero-order chi connectivity index (χ0) is 22.4. The molecule has 0 bridgehead atoms. The molecule has 2 heterocycles. The van der Waals surface area contributed by atoms with Crippen molar-refractivity contribution in [3.63, 3.8) is 0 Å². The van der Waals surface area contributed by atoms with E-state index in [9.17, 15) is 22.8 Å². The van der Waals surface area contributed by atoms with Crippen molar-refractivity contribution in [1.29, 1.82) is 0 Å². The fourth-order valence-electron chi connectivity index (χ4n) is 4.00. The van der Waals surface area contributed by atoms with Crippen LogP contribution in [-0.2, 0) is 16.1 Å². The molecule has 0 spiro atoms. The number of hydrogen-bond acceptors (Lipinski definition) is 5. The number of fused-ring (bicyclic) bond motifs is 1. The lowest BCUT2D eigenvalue weighted by Gasteiger charge is -2.37. The second-order valence-corrected chi connectivity index (χ2v) is 7.64. The molecule has 10 heteroatoms. The summed E-state index contributed by atoms with van der Waals surface area (Å²) >= 11 is 0. The van der Waals surface area contributed by atoms with Crippen molar-refractivity contribution >= 4 is 11.8 Å². The molecular weight excluding hydrogens is 413 g/mol. The average Bonchev–Trinajstić information content (AvgIpc) is 3.15. The highest BCUT2D eigenvalue weighted by atomic mass is 19.4. The van der Waals surface area contributed by atoms with Gasteiger partial charge in [-0.25, -0.2) is 0 Å². The van der Waals surface area contributed by atoms with Crippen LogP contribution in [0.15, 0.2) is 24.3 Å². The summed E-state index contributed by atoms with van der Waals surface area (Å²) in [7, 11) is 0. The zero-order valence-corrected chi connectivity index (χ0v) is 16.9. The first-order valence-electron chi connectivity index (χ1n) is 10.1. The van der Waals surface area contributed by atoms with Crippen LogP contribution in [0.1, 0.15) is 24.8 Å². The first-order valence-corrected chi connectivity index (χ1v) is 10.1. The third-order valence-corrected chi connectivity index (χ3v) is 5.47. The van der Waals surface area contributed by atoms with Crippen molar-refractivity contribution in [2.24, 2.45) is 0 Å². The topological polar surface area (TPSA) is 82.7 Å². The second kappa shape index (κ2) is 10.0. The van der Waals surface area contributed by atoms with Gasteiger partial charge in [0.05, 0.1) is 12.6 Å². The number of carbonyl (C=O) groups is 2. The van der Waals surface area contributed by atoms with Crippen LogP contribution >= 0.6 is 0 Å². The number of nitrogens with zero attached hydrogens (tertiary/aromatic N) is 1. The number of ether oxygens (including phenoxy) is 1. The van der Waals surface area contributed by atoms with Gasteiger partial charge < -0.3 is 20.7 Å². The molecule has 3 rings (SSSR count). The maximum atomic E-state index is 12.3. The summed E-state index contributed by atoms with van der Waals surface area (Å²) in [4.78, 5) is 26.2. The summed E-state index contributed by atoms with van der Waals surface area (Å²) in [6.07, 6.45) is 1.99. The highest BCUT2D eigenvalue weighted by Crippen LogP contribution is 2.26. The van der Waals surface area contributed by atoms with Crippen LogP contribution in [0.4, 0.5) is 13.2 Å². The van der Waals surface area contributed by atoms with E-state index >= 15 is 0 Å². The summed E-state index contributed by atoms with van der Waals surface area (Å²) in [6.45, 7) is 1.80. The van der Waals surface area contributed by atoms with Crippen molar-refractivity contribution in [2.75, 3.05) is 19.6 Å². The molecule has 3 N–H and O–H groups in total. The van der Waals surface area contributed by atoms with Crippen LogP contribution in [0.3, 0.4) is 0 Å². The van der Waals surface area contributed by atoms with Gasteiger partial charge in [-0.1, -0.05) is 18.1 Å². The van der Waals surface area contributed by atoms with Gasteiger partial charge in [0.15, 0.2) is 0 Å². The molecule has 2 amide bonds. The number of terminal acetylenes is 1. The second-order valence-electron chi connectivity index (χ2n) is 7.64. The summed E-state index contributed by atoms with van der Waals surface area (Å²) in [5, 5.41) is 8.92. The Morgan fingerprint density at radius 3 is 2.74 bits per heavy atom. The molecule has 31 heavy (non-hydrogen) atoms. The minimum atomic E-state index is -4.71. The number of benzene rings is 1. The van der Waals surface area contributed by atoms with Gasteiger partial charge >= 0.3 is 6.36 Å². The van der Waals surface area contributed by atoms with Gasteiger partial charge in [-0.2, -0.15) is 0 Å². The zero-order valence-electron chi connectivity index (χ0n) is 16.9. The molecule has 2 aliphatic heterocycles. The highest BCUT2D eigenvalue weighted by Gasteiger charge is 2.43. The van der Waals surface area contributed by atoms with Crippen LogP contribution in [-0.4, -0.2) is 60.8 Å². The van der Waals surface area contributed by atoms with E-state index in [4.69, 9.17) is 6.42 Å². The van der Waals surface area contributed by atoms with E-state index in [0.717, 1.165) is 5.56 Å². The number of piperazine rings is 1. The van der Waals surface area contributed by atoms with Crippen molar-refractivity contribution in [3.8, 4) is 18.1 Å². The van der Waals surface area contributed by atoms with Crippen molar-refractivity contribution in [2.45, 2.75) is 50.3 Å². The van der Waals surface area contributed by atoms with Crippen LogP contribution < -0.4 is 20.7 Å². The quantitative estimate of drug-likeness (QED) is 0.531. The molecular formula is C21H25F3N4O3. The normalized spacial score (nSPS) is 23.5. The standard InChI is InChI=1S/C21H25F3N4O3/c1-2-9-25-19(29)8-5-16-12-27-20(30)18-10-15(13-28(16)18)26-11-14-3-6-17(7-4-14)31-21(22,23)24/h1,3-4,6-7,15-16,18,26H,5,8-13H2,(H,25,29)(H,27,30). The molecule has 168 valence electrons. The monoisotopic (exact) mass is 438 g/mol. The molecule has 1 aromatic rings. The number of halogens is 3. The summed E-state index contributed by atoms with van der Waals surface area (Å²) in [5.41, 5.74) is 0.811. The largest absolute Gasteiger partial charge is 0.573 e. The molecule has 0 radical (unpaired) electrons. The fourth-order valence-corrected chi connectivity index (χ4v) is 4.00. The van der Waals surface area contributed by atoms with Gasteiger partial charge in [0.2, 0.25) is 11.8 Å². The van der Waals surface area contributed by atoms with E-state index in [0.29, 0.717) is 38.9 Å². The summed E-state index contributed by atoms with van der Waals surface area (Å²) in [6, 6.07) is 5.55. The van der Waals surface area contributed by atoms with E-state index in [1.165, 1.54) is 12.1 Å². The van der Waals surface area contributed by atoms with Crippen LogP contribution in [0, 0.1) is 12.3 Å². The molecule has 2 aliphatic rings. The fraction of sp³-hybridized carbons (Fsp3) is 0.524. The van der Waals surface area contributed by atoms with E-state index < -0.39 is 6.36 Å². The van der Waals surface area contributed by atoms with Gasteiger partial charge in [-0.05, 0) is 30.5 Å². The maximum Gasteiger partial charge on any atom is 0.573 e. The number of carbonyl (C=O) groups excluding carboxylic acids is 2. The van der Waals surface area contributed by atoms with Crippen LogP contribution in [0.25, 0.3) is 0 Å². The number of nitrogens with one attached hydrogen (secondary N) is 3. The molecule has 0 saturated carbocycles. The van der Waals surface area contributed by atoms with Gasteiger partial charge in [0, 0.05) is 38.1 Å². The molecule has 0 aromatic heterocycles. The summed E-state index contributed by atoms with van der Waals surface area (Å²) in [5.74, 6) is 1.96. The Morgan fingerprint density at radius 1 is 1.32 bits per heavy atom. The Labute approximate surface area is 178 Å². The van der Waals surface area contributed by atoms with E-state index in [-0.39, 0.29) is 42.2 Å². The Balaban J connectivity index is 1.50. The first kappa shape index (κ1) is 22.9. The Kier molecular flexibility index (Phi) is 7.41. The number of hydrogen-bond donors (Lipinski definition) is 3. The molecule has 1 aromatic carbocycles. The third-order valence-electron chi connectivity index (χ3n) is 5.47. The summed E-state index contributed by atoms with van der Waals surface area (Å²) < 4.78 is 40.6. The smallest absolute Gasteiger partial charge is 0.406 e. The van der Waals surface area contributed by atoms with E-state index in [1.54, 1.807) is 12.1 Å². The Hall–Kier alpha value is -2.77. The van der Waals surface area contributed by atoms with Crippen molar-refractivity contribution < 1.29 is 27.5 Å². The molecule has 3 atom stereocenters. The van der Waals surface area contributed by atoms with Gasteiger partial charge in [-0.15, -0.1) is 19.6 Å². The predicted octanol–water partition coefficient (Wildman–Crippen LogP) is 1.15. The van der Waals surface area contributed by atoms with Crippen molar-refractivity contribution in [3.05, 3.63) is 29.8 Å². The SMILES string of the molecule is C#CCNC(=O)CCC1CNC(=O)C2CC(NCc3ccc(OC(F)(F)F)cc3)CN12. The minimum Gasteiger partial charge on any atom is -0.406 e. The molecule has 2 fully saturated rings. The van der Waals surface area contributed by atoms with Crippen LogP contribution in [0.2, 0.25) is 0 Å². The minimum absolute atomic E-state index is 0.0222. The van der Waals surface area contributed by atoms with Crippen molar-refractivity contribution in [1.82, 2.24) is 20.9 Å². The molecule has 0 aliphatic carbocycles. The predicted molar refractivity (Wildman–Crippen MR) is 107 cm³/mol. The third kappa shape index (κ3) is 6.60. The van der Waals surface area contributed by atoms with E-state index in [1.807, 2.05) is 0 Å². The maximum absolute atomic E-state index is 12.3. The van der Waals surface area contributed by atoms with Gasteiger partial charge in [0.25, 0.3) is 0 Å². The first-order chi connectivity index (χ1) is 14.7. The number of alkyl halides is 3. The Morgan fingerprint density at radius 2 is 2.06 bits per heavy atom. The molecule has 2 saturated heterocycles. The highest BCUT2D eigenvalue weighted by molar-refractivity contribution is 5.83. The lowest BCUT2D eigenvalue weighted by atomic mass is 10.0. The Bertz CT molecular complexity index is 823. The lowest BCUT2D eigenvalue weighted by Crippen LogP contribution is -2.58. The lowest BCUT2D eigenvalue weighted by molar-refractivity contribution is -0.274.